The lowest BCUT2D eigenvalue weighted by Crippen LogP contribution is -2.10. The number of aryl methyl sites for hydroxylation is 1. The number of nitrogens with one attached hydrogen (secondary N) is 1. The molecule has 7 nitrogen and oxygen atoms in total. The summed E-state index contributed by atoms with van der Waals surface area (Å²) in [7, 11) is 1.90. The van der Waals surface area contributed by atoms with Gasteiger partial charge in [0.15, 0.2) is 0 Å². The lowest BCUT2D eigenvalue weighted by Gasteiger charge is -2.08. The fourth-order valence-electron chi connectivity index (χ4n) is 2.74. The van der Waals surface area contributed by atoms with Crippen LogP contribution in [0.1, 0.15) is 25.9 Å². The van der Waals surface area contributed by atoms with Gasteiger partial charge in [0.1, 0.15) is 23.9 Å². The molecule has 0 bridgehead atoms. The number of benzene rings is 2. The molecule has 4 aromatic rings. The van der Waals surface area contributed by atoms with E-state index in [0.29, 0.717) is 34.2 Å². The van der Waals surface area contributed by atoms with Gasteiger partial charge in [0.2, 0.25) is 0 Å². The van der Waals surface area contributed by atoms with Crippen molar-refractivity contribution in [3.05, 3.63) is 94.7 Å². The number of imidazole rings is 1. The maximum absolute atomic E-state index is 12.4. The minimum absolute atomic E-state index is 0.176. The van der Waals surface area contributed by atoms with Crippen molar-refractivity contribution in [1.82, 2.24) is 9.55 Å². The van der Waals surface area contributed by atoms with Crippen LogP contribution in [0.15, 0.2) is 78.4 Å². The van der Waals surface area contributed by atoms with Gasteiger partial charge in [-0.1, -0.05) is 6.07 Å². The molecule has 31 heavy (non-hydrogen) atoms. The Balaban J connectivity index is 1.31. The molecule has 2 aromatic heterocycles. The van der Waals surface area contributed by atoms with E-state index >= 15 is 0 Å². The second kappa shape index (κ2) is 9.27. The van der Waals surface area contributed by atoms with Crippen LogP contribution in [-0.2, 0) is 13.7 Å². The lowest BCUT2D eigenvalue weighted by molar-refractivity contribution is 0.0734. The van der Waals surface area contributed by atoms with Crippen LogP contribution in [0.2, 0.25) is 0 Å². The van der Waals surface area contributed by atoms with Crippen LogP contribution >= 0.6 is 11.3 Å². The molecular weight excluding hydrogens is 414 g/mol. The highest BCUT2D eigenvalue weighted by Gasteiger charge is 2.11. The number of rotatable bonds is 7. The Bertz CT molecular complexity index is 1170. The number of carbonyl (C=O) groups is 2. The fraction of sp³-hybridized carbons (Fsp3) is 0.0870. The molecule has 0 unspecified atom stereocenters. The van der Waals surface area contributed by atoms with Crippen LogP contribution in [0.4, 0.5) is 5.69 Å². The summed E-state index contributed by atoms with van der Waals surface area (Å²) < 4.78 is 13.0. The molecule has 0 saturated heterocycles. The summed E-state index contributed by atoms with van der Waals surface area (Å²) in [5.74, 6) is 1.16. The van der Waals surface area contributed by atoms with Gasteiger partial charge in [0, 0.05) is 25.1 Å². The van der Waals surface area contributed by atoms with E-state index in [-0.39, 0.29) is 5.91 Å². The minimum atomic E-state index is -0.481. The number of hydrogen-bond donors (Lipinski definition) is 1. The van der Waals surface area contributed by atoms with Gasteiger partial charge in [0.25, 0.3) is 5.91 Å². The molecule has 2 aromatic carbocycles. The van der Waals surface area contributed by atoms with Crippen LogP contribution in [0, 0.1) is 0 Å². The predicted molar refractivity (Wildman–Crippen MR) is 118 cm³/mol. The summed E-state index contributed by atoms with van der Waals surface area (Å²) in [5, 5.41) is 4.64. The number of hydrogen-bond acceptors (Lipinski definition) is 6. The number of anilines is 1. The number of carbonyl (C=O) groups excluding carboxylic acids is 2. The molecule has 0 saturated carbocycles. The Labute approximate surface area is 182 Å². The van der Waals surface area contributed by atoms with Crippen molar-refractivity contribution in [1.29, 1.82) is 0 Å². The zero-order chi connectivity index (χ0) is 21.6. The second-order valence-corrected chi connectivity index (χ2v) is 7.56. The summed E-state index contributed by atoms with van der Waals surface area (Å²) in [6.45, 7) is 0.336. The van der Waals surface area contributed by atoms with Crippen molar-refractivity contribution in [2.75, 3.05) is 5.32 Å². The first-order valence-electron chi connectivity index (χ1n) is 9.44. The van der Waals surface area contributed by atoms with E-state index in [1.807, 2.05) is 29.3 Å². The highest BCUT2D eigenvalue weighted by atomic mass is 32.1. The van der Waals surface area contributed by atoms with Crippen LogP contribution in [0.5, 0.6) is 11.5 Å². The Morgan fingerprint density at radius 3 is 2.42 bits per heavy atom. The molecule has 4 rings (SSSR count). The summed E-state index contributed by atoms with van der Waals surface area (Å²) in [6, 6.07) is 16.9. The number of amides is 1. The molecule has 156 valence electrons. The first-order chi connectivity index (χ1) is 15.1. The van der Waals surface area contributed by atoms with Crippen molar-refractivity contribution >= 4 is 28.9 Å². The number of aromatic nitrogens is 2. The van der Waals surface area contributed by atoms with E-state index in [9.17, 15) is 9.59 Å². The van der Waals surface area contributed by atoms with Gasteiger partial charge < -0.3 is 19.4 Å². The summed E-state index contributed by atoms with van der Waals surface area (Å²) in [6.07, 6.45) is 3.56. The van der Waals surface area contributed by atoms with Crippen molar-refractivity contribution in [2.24, 2.45) is 7.05 Å². The summed E-state index contributed by atoms with van der Waals surface area (Å²) >= 11 is 1.37. The van der Waals surface area contributed by atoms with Gasteiger partial charge in [-0.15, -0.1) is 11.3 Å². The average Bonchev–Trinajstić information content (AvgIpc) is 3.46. The van der Waals surface area contributed by atoms with E-state index in [2.05, 4.69) is 10.3 Å². The van der Waals surface area contributed by atoms with E-state index in [1.54, 1.807) is 60.8 Å². The monoisotopic (exact) mass is 433 g/mol. The average molecular weight is 433 g/mol. The Hall–Kier alpha value is -3.91. The first kappa shape index (κ1) is 20.4. The van der Waals surface area contributed by atoms with Gasteiger partial charge in [-0.3, -0.25) is 4.79 Å². The normalized spacial score (nSPS) is 10.5. The SMILES string of the molecule is Cn1ccnc1COc1ccc(C(=O)Oc2ccc(NC(=O)c3cccs3)cc2)cc1. The van der Waals surface area contributed by atoms with E-state index in [1.165, 1.54) is 11.3 Å². The molecule has 8 heteroatoms. The largest absolute Gasteiger partial charge is 0.486 e. The number of nitrogens with zero attached hydrogens (tertiary/aromatic N) is 2. The molecule has 0 fully saturated rings. The van der Waals surface area contributed by atoms with E-state index in [0.717, 1.165) is 5.82 Å². The highest BCUT2D eigenvalue weighted by molar-refractivity contribution is 7.12. The van der Waals surface area contributed by atoms with Crippen LogP contribution < -0.4 is 14.8 Å². The highest BCUT2D eigenvalue weighted by Crippen LogP contribution is 2.20. The molecular formula is C23H19N3O4S. The zero-order valence-corrected chi connectivity index (χ0v) is 17.5. The van der Waals surface area contributed by atoms with Gasteiger partial charge >= 0.3 is 5.97 Å². The molecule has 0 radical (unpaired) electrons. The Morgan fingerprint density at radius 2 is 1.77 bits per heavy atom. The third-order valence-corrected chi connectivity index (χ3v) is 5.32. The smallest absolute Gasteiger partial charge is 0.343 e. The molecule has 0 aliphatic carbocycles. The molecule has 1 N–H and O–H groups in total. The molecule has 0 atom stereocenters. The molecule has 2 heterocycles. The van der Waals surface area contributed by atoms with Crippen molar-refractivity contribution in [3.63, 3.8) is 0 Å². The lowest BCUT2D eigenvalue weighted by atomic mass is 10.2. The topological polar surface area (TPSA) is 82.5 Å². The zero-order valence-electron chi connectivity index (χ0n) is 16.6. The molecule has 0 aliphatic heterocycles. The van der Waals surface area contributed by atoms with Gasteiger partial charge in [-0.2, -0.15) is 0 Å². The summed E-state index contributed by atoms with van der Waals surface area (Å²) in [4.78, 5) is 29.3. The van der Waals surface area contributed by atoms with Gasteiger partial charge in [-0.25, -0.2) is 9.78 Å². The van der Waals surface area contributed by atoms with Crippen LogP contribution in [0.25, 0.3) is 0 Å². The quantitative estimate of drug-likeness (QED) is 0.342. The number of ether oxygens (including phenoxy) is 2. The van der Waals surface area contributed by atoms with Crippen molar-refractivity contribution < 1.29 is 19.1 Å². The summed E-state index contributed by atoms with van der Waals surface area (Å²) in [5.41, 5.74) is 1.02. The maximum atomic E-state index is 12.4. The number of esters is 1. The fourth-order valence-corrected chi connectivity index (χ4v) is 3.36. The molecule has 0 spiro atoms. The van der Waals surface area contributed by atoms with Crippen LogP contribution in [0.3, 0.4) is 0 Å². The van der Waals surface area contributed by atoms with Gasteiger partial charge in [0.05, 0.1) is 10.4 Å². The Kier molecular flexibility index (Phi) is 6.09. The van der Waals surface area contributed by atoms with E-state index < -0.39 is 5.97 Å². The Morgan fingerprint density at radius 1 is 1.03 bits per heavy atom. The van der Waals surface area contributed by atoms with Crippen molar-refractivity contribution in [2.45, 2.75) is 6.61 Å². The first-order valence-corrected chi connectivity index (χ1v) is 10.3. The molecule has 1 amide bonds. The van der Waals surface area contributed by atoms with E-state index in [4.69, 9.17) is 9.47 Å². The minimum Gasteiger partial charge on any atom is -0.486 e. The van der Waals surface area contributed by atoms with Crippen LogP contribution in [-0.4, -0.2) is 21.4 Å². The third kappa shape index (κ3) is 5.18. The third-order valence-electron chi connectivity index (χ3n) is 4.45. The van der Waals surface area contributed by atoms with Gasteiger partial charge in [-0.05, 0) is 60.0 Å². The second-order valence-electron chi connectivity index (χ2n) is 6.61. The number of thiophene rings is 1. The maximum Gasteiger partial charge on any atom is 0.343 e. The predicted octanol–water partition coefficient (Wildman–Crippen LogP) is 4.53. The standard InChI is InChI=1S/C23H19N3O4S/c1-26-13-12-24-21(26)15-29-18-8-4-16(5-9-18)23(28)30-19-10-6-17(7-11-19)25-22(27)20-3-2-14-31-20/h2-14H,15H2,1H3,(H,25,27). The van der Waals surface area contributed by atoms with Crippen molar-refractivity contribution in [3.8, 4) is 11.5 Å². The molecule has 0 aliphatic rings.